The number of benzene rings is 1. The normalized spacial score (nSPS) is 12.1. The average molecular weight is 226 g/mol. The van der Waals surface area contributed by atoms with Gasteiger partial charge in [0.25, 0.3) is 0 Å². The van der Waals surface area contributed by atoms with Crippen LogP contribution in [0.25, 0.3) is 0 Å². The Morgan fingerprint density at radius 3 is 2.47 bits per heavy atom. The monoisotopic (exact) mass is 226 g/mol. The maximum atomic E-state index is 11.7. The highest BCUT2D eigenvalue weighted by Gasteiger charge is 2.07. The van der Waals surface area contributed by atoms with E-state index in [1.807, 2.05) is 31.2 Å². The second-order valence-corrected chi connectivity index (χ2v) is 4.76. The van der Waals surface area contributed by atoms with Crippen LogP contribution in [-0.4, -0.2) is 23.0 Å². The minimum atomic E-state index is -1.11. The molecule has 0 radical (unpaired) electrons. The zero-order chi connectivity index (χ0) is 11.3. The van der Waals surface area contributed by atoms with Crippen molar-refractivity contribution in [1.29, 1.82) is 0 Å². The molecule has 0 saturated heterocycles. The highest BCUT2D eigenvalue weighted by Crippen LogP contribution is 2.09. The standard InChI is InChI=1S/C11H14O3S/c1-9-3-5-10(6-4-9)15(13)8-7-11(12)14-2/h3-6H,7-8H2,1-2H3. The molecule has 0 amide bonds. The summed E-state index contributed by atoms with van der Waals surface area (Å²) in [6, 6.07) is 7.46. The van der Waals surface area contributed by atoms with Crippen molar-refractivity contribution in [1.82, 2.24) is 0 Å². The number of carbonyl (C=O) groups excluding carboxylic acids is 1. The van der Waals surface area contributed by atoms with E-state index in [-0.39, 0.29) is 12.4 Å². The largest absolute Gasteiger partial charge is 0.469 e. The molecule has 4 heteroatoms. The molecular weight excluding hydrogens is 212 g/mol. The van der Waals surface area contributed by atoms with Gasteiger partial charge >= 0.3 is 5.97 Å². The predicted molar refractivity (Wildman–Crippen MR) is 59.1 cm³/mol. The molecule has 0 aliphatic carbocycles. The van der Waals surface area contributed by atoms with Crippen molar-refractivity contribution in [2.45, 2.75) is 18.2 Å². The van der Waals surface area contributed by atoms with E-state index in [9.17, 15) is 9.00 Å². The molecule has 0 aliphatic heterocycles. The number of methoxy groups -OCH3 is 1. The van der Waals surface area contributed by atoms with Gasteiger partial charge in [-0.05, 0) is 19.1 Å². The molecule has 1 aromatic rings. The Morgan fingerprint density at radius 1 is 1.33 bits per heavy atom. The van der Waals surface area contributed by atoms with Crippen molar-refractivity contribution in [3.8, 4) is 0 Å². The van der Waals surface area contributed by atoms with Crippen LogP contribution in [0.1, 0.15) is 12.0 Å². The minimum Gasteiger partial charge on any atom is -0.469 e. The number of hydrogen-bond acceptors (Lipinski definition) is 3. The van der Waals surface area contributed by atoms with Crippen molar-refractivity contribution in [2.24, 2.45) is 0 Å². The smallest absolute Gasteiger partial charge is 0.306 e. The van der Waals surface area contributed by atoms with E-state index in [2.05, 4.69) is 4.74 Å². The lowest BCUT2D eigenvalue weighted by Crippen LogP contribution is -2.07. The van der Waals surface area contributed by atoms with Gasteiger partial charge in [-0.3, -0.25) is 9.00 Å². The Balaban J connectivity index is 2.54. The maximum Gasteiger partial charge on any atom is 0.306 e. The number of hydrogen-bond donors (Lipinski definition) is 0. The highest BCUT2D eigenvalue weighted by atomic mass is 32.2. The third-order valence-corrected chi connectivity index (χ3v) is 3.38. The van der Waals surface area contributed by atoms with Crippen LogP contribution in [-0.2, 0) is 20.3 Å². The zero-order valence-electron chi connectivity index (χ0n) is 8.86. The van der Waals surface area contributed by atoms with Crippen LogP contribution in [0.15, 0.2) is 29.2 Å². The lowest BCUT2D eigenvalue weighted by Gasteiger charge is -2.01. The molecule has 0 fully saturated rings. The molecule has 0 aliphatic rings. The zero-order valence-corrected chi connectivity index (χ0v) is 9.67. The van der Waals surface area contributed by atoms with Gasteiger partial charge < -0.3 is 4.74 Å². The Morgan fingerprint density at radius 2 is 1.93 bits per heavy atom. The second-order valence-electron chi connectivity index (χ2n) is 3.19. The SMILES string of the molecule is COC(=O)CCS(=O)c1ccc(C)cc1. The molecule has 0 N–H and O–H groups in total. The first-order valence-corrected chi connectivity index (χ1v) is 5.97. The van der Waals surface area contributed by atoms with Crippen molar-refractivity contribution in [3.63, 3.8) is 0 Å². The number of esters is 1. The fourth-order valence-electron chi connectivity index (χ4n) is 1.09. The Bertz CT molecular complexity index is 357. The molecule has 15 heavy (non-hydrogen) atoms. The minimum absolute atomic E-state index is 0.191. The van der Waals surface area contributed by atoms with Crippen LogP contribution in [0.2, 0.25) is 0 Å². The van der Waals surface area contributed by atoms with Gasteiger partial charge in [-0.25, -0.2) is 0 Å². The van der Waals surface area contributed by atoms with E-state index in [0.29, 0.717) is 5.75 Å². The summed E-state index contributed by atoms with van der Waals surface area (Å²) in [7, 11) is 0.216. The second kappa shape index (κ2) is 5.66. The van der Waals surface area contributed by atoms with E-state index in [1.54, 1.807) is 0 Å². The summed E-state index contributed by atoms with van der Waals surface area (Å²) in [5, 5.41) is 0. The third-order valence-electron chi connectivity index (χ3n) is 2.00. The molecule has 0 saturated carbocycles. The summed E-state index contributed by atoms with van der Waals surface area (Å²) in [4.78, 5) is 11.6. The van der Waals surface area contributed by atoms with E-state index >= 15 is 0 Å². The summed E-state index contributed by atoms with van der Waals surface area (Å²) in [5.74, 6) is -0.00843. The van der Waals surface area contributed by atoms with Gasteiger partial charge in [-0.15, -0.1) is 0 Å². The van der Waals surface area contributed by atoms with Gasteiger partial charge in [0.15, 0.2) is 0 Å². The first-order chi connectivity index (χ1) is 7.13. The summed E-state index contributed by atoms with van der Waals surface area (Å²) < 4.78 is 16.2. The fourth-order valence-corrected chi connectivity index (χ4v) is 2.11. The van der Waals surface area contributed by atoms with E-state index in [0.717, 1.165) is 10.5 Å². The molecule has 1 atom stereocenters. The van der Waals surface area contributed by atoms with Gasteiger partial charge in [-0.2, -0.15) is 0 Å². The predicted octanol–water partition coefficient (Wildman–Crippen LogP) is 1.67. The van der Waals surface area contributed by atoms with Gasteiger partial charge in [0.1, 0.15) is 0 Å². The molecule has 3 nitrogen and oxygen atoms in total. The molecule has 1 rings (SSSR count). The van der Waals surface area contributed by atoms with Gasteiger partial charge in [0.2, 0.25) is 0 Å². The molecule has 82 valence electrons. The molecule has 1 aromatic carbocycles. The lowest BCUT2D eigenvalue weighted by molar-refractivity contribution is -0.140. The van der Waals surface area contributed by atoms with E-state index in [4.69, 9.17) is 0 Å². The summed E-state index contributed by atoms with van der Waals surface area (Å²) >= 11 is 0. The average Bonchev–Trinajstić information content (AvgIpc) is 2.26. The van der Waals surface area contributed by atoms with Crippen molar-refractivity contribution in [3.05, 3.63) is 29.8 Å². The first-order valence-electron chi connectivity index (χ1n) is 4.65. The molecule has 0 aromatic heterocycles. The van der Waals surface area contributed by atoms with Gasteiger partial charge in [0.05, 0.1) is 24.3 Å². The summed E-state index contributed by atoms with van der Waals surface area (Å²) in [5.41, 5.74) is 1.13. The van der Waals surface area contributed by atoms with Crippen LogP contribution in [0.5, 0.6) is 0 Å². The topological polar surface area (TPSA) is 43.4 Å². The summed E-state index contributed by atoms with van der Waals surface area (Å²) in [6.45, 7) is 1.97. The molecule has 0 spiro atoms. The first kappa shape index (κ1) is 11.9. The Hall–Kier alpha value is -1.16. The molecule has 0 bridgehead atoms. The number of carbonyl (C=O) groups is 1. The fraction of sp³-hybridized carbons (Fsp3) is 0.364. The number of ether oxygens (including phenoxy) is 1. The highest BCUT2D eigenvalue weighted by molar-refractivity contribution is 7.85. The van der Waals surface area contributed by atoms with Crippen LogP contribution < -0.4 is 0 Å². The van der Waals surface area contributed by atoms with Crippen molar-refractivity contribution >= 4 is 16.8 Å². The van der Waals surface area contributed by atoms with Crippen LogP contribution in [0.3, 0.4) is 0 Å². The number of rotatable bonds is 4. The van der Waals surface area contributed by atoms with Crippen LogP contribution in [0.4, 0.5) is 0 Å². The van der Waals surface area contributed by atoms with E-state index in [1.165, 1.54) is 7.11 Å². The van der Waals surface area contributed by atoms with Crippen LogP contribution in [0, 0.1) is 6.92 Å². The van der Waals surface area contributed by atoms with E-state index < -0.39 is 10.8 Å². The van der Waals surface area contributed by atoms with Gasteiger partial charge in [0, 0.05) is 10.6 Å². The van der Waals surface area contributed by atoms with Crippen molar-refractivity contribution < 1.29 is 13.7 Å². The lowest BCUT2D eigenvalue weighted by atomic mass is 10.2. The third kappa shape index (κ3) is 3.83. The Kier molecular flexibility index (Phi) is 4.49. The maximum absolute atomic E-state index is 11.7. The van der Waals surface area contributed by atoms with Crippen LogP contribution >= 0.6 is 0 Å². The molecule has 1 unspecified atom stereocenters. The molecule has 0 heterocycles. The molecular formula is C11H14O3S. The quantitative estimate of drug-likeness (QED) is 0.733. The Labute approximate surface area is 91.9 Å². The van der Waals surface area contributed by atoms with Gasteiger partial charge in [-0.1, -0.05) is 17.7 Å². The summed E-state index contributed by atoms with van der Waals surface area (Å²) in [6.07, 6.45) is 0.191. The number of aryl methyl sites for hydroxylation is 1. The van der Waals surface area contributed by atoms with Crippen molar-refractivity contribution in [2.75, 3.05) is 12.9 Å².